The number of allylic oxidation sites excluding steroid dienone is 2. The van der Waals surface area contributed by atoms with Crippen molar-refractivity contribution in [2.24, 2.45) is 4.99 Å². The fourth-order valence-corrected chi connectivity index (χ4v) is 1.87. The molecule has 0 aliphatic heterocycles. The van der Waals surface area contributed by atoms with Crippen molar-refractivity contribution in [3.8, 4) is 6.07 Å². The molecule has 0 fully saturated rings. The first-order valence-corrected chi connectivity index (χ1v) is 6.21. The van der Waals surface area contributed by atoms with Crippen LogP contribution in [-0.2, 0) is 10.7 Å². The summed E-state index contributed by atoms with van der Waals surface area (Å²) in [6, 6.07) is 6.54. The average molecular weight is 260 g/mol. The molecule has 5 heteroatoms. The highest BCUT2D eigenvalue weighted by Gasteiger charge is 2.03. The Bertz CT molecular complexity index is 641. The third kappa shape index (κ3) is 3.40. The Morgan fingerprint density at radius 1 is 1.44 bits per heavy atom. The van der Waals surface area contributed by atoms with E-state index in [9.17, 15) is 8.42 Å². The molecular formula is C13H12N2O2S. The molecule has 1 aromatic rings. The lowest BCUT2D eigenvalue weighted by atomic mass is 10.0. The molecule has 0 radical (unpaired) electrons. The van der Waals surface area contributed by atoms with Gasteiger partial charge < -0.3 is 0 Å². The van der Waals surface area contributed by atoms with Crippen LogP contribution in [-0.4, -0.2) is 14.6 Å². The van der Waals surface area contributed by atoms with Gasteiger partial charge >= 0.3 is 0 Å². The van der Waals surface area contributed by atoms with E-state index in [-0.39, 0.29) is 10.6 Å². The maximum atomic E-state index is 10.8. The third-order valence-corrected chi connectivity index (χ3v) is 2.97. The molecule has 0 heterocycles. The first-order valence-electron chi connectivity index (χ1n) is 5.03. The van der Waals surface area contributed by atoms with Gasteiger partial charge in [0.1, 0.15) is 11.8 Å². The molecule has 0 amide bonds. The number of nitriles is 1. The molecule has 0 aromatic heterocycles. The lowest BCUT2D eigenvalue weighted by molar-refractivity contribution is 0.614. The Morgan fingerprint density at radius 2 is 2.11 bits per heavy atom. The Balaban J connectivity index is 3.05. The van der Waals surface area contributed by atoms with Gasteiger partial charge in [-0.15, -0.1) is 0 Å². The van der Waals surface area contributed by atoms with Crippen LogP contribution in [0.1, 0.15) is 11.1 Å². The van der Waals surface area contributed by atoms with Gasteiger partial charge in [0.25, 0.3) is 0 Å². The Labute approximate surface area is 108 Å². The van der Waals surface area contributed by atoms with Crippen LogP contribution in [0.15, 0.2) is 46.9 Å². The summed E-state index contributed by atoms with van der Waals surface area (Å²) in [4.78, 5) is 4.08. The number of hydrogen-bond donors (Lipinski definition) is 1. The highest BCUT2D eigenvalue weighted by molar-refractivity contribution is 7.72. The minimum atomic E-state index is -2.58. The summed E-state index contributed by atoms with van der Waals surface area (Å²) in [5, 5.41) is 8.51. The number of aryl methyl sites for hydroxylation is 1. The number of rotatable bonds is 4. The van der Waals surface area contributed by atoms with Crippen LogP contribution in [0.25, 0.3) is 5.57 Å². The molecule has 0 aliphatic rings. The number of hydrogen-bond acceptors (Lipinski definition) is 4. The molecule has 0 saturated heterocycles. The summed E-state index contributed by atoms with van der Waals surface area (Å²) in [6.45, 7) is 9.02. The molecule has 92 valence electrons. The van der Waals surface area contributed by atoms with Gasteiger partial charge in [0, 0.05) is 6.21 Å². The van der Waals surface area contributed by atoms with Gasteiger partial charge in [-0.2, -0.15) is 5.26 Å². The molecule has 0 spiro atoms. The van der Waals surface area contributed by atoms with Crippen molar-refractivity contribution in [1.29, 1.82) is 5.26 Å². The van der Waals surface area contributed by atoms with Crippen LogP contribution in [0.2, 0.25) is 0 Å². The van der Waals surface area contributed by atoms with Gasteiger partial charge in [-0.3, -0.25) is 0 Å². The van der Waals surface area contributed by atoms with Gasteiger partial charge in [0.15, 0.2) is 10.7 Å². The van der Waals surface area contributed by atoms with Gasteiger partial charge in [-0.1, -0.05) is 19.2 Å². The zero-order valence-electron chi connectivity index (χ0n) is 9.88. The largest absolute Gasteiger partial charge is 0.246 e. The number of benzene rings is 1. The third-order valence-electron chi connectivity index (χ3n) is 2.27. The molecule has 0 N–H and O–H groups in total. The van der Waals surface area contributed by atoms with E-state index >= 15 is 0 Å². The molecular weight excluding hydrogens is 248 g/mol. The molecule has 0 bridgehead atoms. The van der Waals surface area contributed by atoms with Crippen molar-refractivity contribution in [2.75, 3.05) is 0 Å². The minimum Gasteiger partial charge on any atom is -0.246 e. The lowest BCUT2D eigenvalue weighted by Crippen LogP contribution is -1.91. The second kappa shape index (κ2) is 5.94. The highest BCUT2D eigenvalue weighted by Crippen LogP contribution is 2.18. The predicted molar refractivity (Wildman–Crippen MR) is 72.0 cm³/mol. The maximum Gasteiger partial charge on any atom is 0.168 e. The fourth-order valence-electron chi connectivity index (χ4n) is 1.38. The van der Waals surface area contributed by atoms with Gasteiger partial charge in [-0.25, -0.2) is 13.4 Å². The number of thiol groups is 1. The fraction of sp³-hybridized carbons (Fsp3) is 0.0769. The molecule has 0 aliphatic carbocycles. The van der Waals surface area contributed by atoms with Crippen molar-refractivity contribution < 1.29 is 8.42 Å². The highest BCUT2D eigenvalue weighted by atomic mass is 32.2. The summed E-state index contributed by atoms with van der Waals surface area (Å²) in [7, 11) is -2.58. The van der Waals surface area contributed by atoms with Crippen molar-refractivity contribution in [1.82, 2.24) is 0 Å². The van der Waals surface area contributed by atoms with E-state index in [1.165, 1.54) is 12.3 Å². The first-order chi connectivity index (χ1) is 8.45. The second-order valence-electron chi connectivity index (χ2n) is 3.60. The van der Waals surface area contributed by atoms with E-state index in [1.54, 1.807) is 25.1 Å². The van der Waals surface area contributed by atoms with Crippen LogP contribution in [0.4, 0.5) is 0 Å². The number of aliphatic imine (C=N–C) groups is 1. The molecule has 1 aromatic carbocycles. The average Bonchev–Trinajstić information content (AvgIpc) is 2.35. The van der Waals surface area contributed by atoms with Crippen LogP contribution in [0, 0.1) is 18.3 Å². The van der Waals surface area contributed by atoms with Crippen LogP contribution in [0.5, 0.6) is 0 Å². The summed E-state index contributed by atoms with van der Waals surface area (Å²) in [5.41, 5.74) is 2.25. The van der Waals surface area contributed by atoms with Crippen LogP contribution < -0.4 is 0 Å². The van der Waals surface area contributed by atoms with E-state index in [0.717, 1.165) is 11.1 Å². The molecule has 0 saturated carbocycles. The van der Waals surface area contributed by atoms with E-state index in [2.05, 4.69) is 18.2 Å². The first kappa shape index (κ1) is 13.9. The summed E-state index contributed by atoms with van der Waals surface area (Å²) >= 11 is 0. The lowest BCUT2D eigenvalue weighted by Gasteiger charge is -2.05. The van der Waals surface area contributed by atoms with E-state index in [4.69, 9.17) is 5.26 Å². The molecule has 0 atom stereocenters. The monoisotopic (exact) mass is 260 g/mol. The number of nitrogens with zero attached hydrogens (tertiary/aromatic N) is 2. The Hall–Kier alpha value is -2.19. The van der Waals surface area contributed by atoms with E-state index < -0.39 is 10.7 Å². The molecule has 18 heavy (non-hydrogen) atoms. The molecule has 4 nitrogen and oxygen atoms in total. The topological polar surface area (TPSA) is 70.3 Å². The zero-order chi connectivity index (χ0) is 13.7. The molecule has 0 unspecified atom stereocenters. The van der Waals surface area contributed by atoms with Gasteiger partial charge in [0.05, 0.1) is 4.90 Å². The van der Waals surface area contributed by atoms with Crippen LogP contribution in [0.3, 0.4) is 0 Å². The smallest absolute Gasteiger partial charge is 0.168 e. The van der Waals surface area contributed by atoms with Crippen molar-refractivity contribution in [3.05, 3.63) is 48.2 Å². The SMILES string of the molecule is C=C(C#N)/N=C/C(=C)c1ccc([SH](=O)=O)cc1C. The van der Waals surface area contributed by atoms with Crippen molar-refractivity contribution in [3.63, 3.8) is 0 Å². The zero-order valence-corrected chi connectivity index (χ0v) is 10.8. The minimum absolute atomic E-state index is 0.0908. The maximum absolute atomic E-state index is 10.8. The summed E-state index contributed by atoms with van der Waals surface area (Å²) in [6.07, 6.45) is 1.44. The standard InChI is InChI=1S/C13H12N2O2S/c1-9-6-12(18(16)17)4-5-13(9)10(2)8-15-11(3)7-14/h4-6,8,18H,2-3H2,1H3/b15-8+. The van der Waals surface area contributed by atoms with Crippen molar-refractivity contribution >= 4 is 22.5 Å². The normalized spacial score (nSPS) is 10.5. The predicted octanol–water partition coefficient (Wildman–Crippen LogP) is 2.09. The quantitative estimate of drug-likeness (QED) is 0.512. The van der Waals surface area contributed by atoms with Crippen molar-refractivity contribution in [2.45, 2.75) is 11.8 Å². The van der Waals surface area contributed by atoms with E-state index in [0.29, 0.717) is 5.57 Å². The Morgan fingerprint density at radius 3 is 2.61 bits per heavy atom. The molecule has 1 rings (SSSR count). The van der Waals surface area contributed by atoms with E-state index in [1.807, 2.05) is 0 Å². The summed E-state index contributed by atoms with van der Waals surface area (Å²) in [5.74, 6) is 0. The van der Waals surface area contributed by atoms with Gasteiger partial charge in [-0.05, 0) is 35.8 Å². The Kier molecular flexibility index (Phi) is 4.58. The summed E-state index contributed by atoms with van der Waals surface area (Å²) < 4.78 is 21.7. The second-order valence-corrected chi connectivity index (χ2v) is 4.63. The van der Waals surface area contributed by atoms with Gasteiger partial charge in [0.2, 0.25) is 0 Å². The van der Waals surface area contributed by atoms with Crippen LogP contribution >= 0.6 is 0 Å².